The van der Waals surface area contributed by atoms with Crippen LogP contribution in [0.1, 0.15) is 25.0 Å². The molecule has 0 aromatic carbocycles. The van der Waals surface area contributed by atoms with Crippen LogP contribution in [0.25, 0.3) is 0 Å². The van der Waals surface area contributed by atoms with Gasteiger partial charge < -0.3 is 15.7 Å². The molecule has 1 atom stereocenters. The predicted molar refractivity (Wildman–Crippen MR) is 67.7 cm³/mol. The number of hydrogen-bond donors (Lipinski definition) is 3. The minimum absolute atomic E-state index is 0.0991. The Hall–Kier alpha value is -1.63. The van der Waals surface area contributed by atoms with E-state index in [9.17, 15) is 9.59 Å². The van der Waals surface area contributed by atoms with E-state index in [-0.39, 0.29) is 18.4 Å². The molecule has 0 spiro atoms. The minimum Gasteiger partial charge on any atom is -0.481 e. The van der Waals surface area contributed by atoms with E-state index < -0.39 is 5.97 Å². The van der Waals surface area contributed by atoms with Gasteiger partial charge in [0, 0.05) is 30.8 Å². The molecule has 0 radical (unpaired) electrons. The predicted octanol–water partition coefficient (Wildman–Crippen LogP) is 0.851. The molecule has 1 aliphatic heterocycles. The van der Waals surface area contributed by atoms with Gasteiger partial charge in [-0.1, -0.05) is 0 Å². The number of nitrogens with zero attached hydrogens (tertiary/aromatic N) is 1. The Morgan fingerprint density at radius 1 is 1.67 bits per heavy atom. The number of carbonyl (C=O) groups is 2. The minimum atomic E-state index is -0.814. The molecule has 1 saturated heterocycles. The quantitative estimate of drug-likeness (QED) is 0.712. The molecule has 1 aromatic rings. The van der Waals surface area contributed by atoms with Gasteiger partial charge >= 0.3 is 5.97 Å². The van der Waals surface area contributed by atoms with Crippen molar-refractivity contribution in [2.24, 2.45) is 0 Å². The lowest BCUT2D eigenvalue weighted by atomic mass is 10.2. The summed E-state index contributed by atoms with van der Waals surface area (Å²) < 4.78 is 0. The summed E-state index contributed by atoms with van der Waals surface area (Å²) in [6, 6.07) is 0.170. The van der Waals surface area contributed by atoms with Crippen molar-refractivity contribution in [3.63, 3.8) is 0 Å². The molecule has 3 N–H and O–H groups in total. The van der Waals surface area contributed by atoms with Gasteiger partial charge in [0.05, 0.1) is 12.1 Å². The van der Waals surface area contributed by atoms with Crippen molar-refractivity contribution in [2.45, 2.75) is 31.7 Å². The van der Waals surface area contributed by atoms with E-state index in [4.69, 9.17) is 5.11 Å². The fourth-order valence-electron chi connectivity index (χ4n) is 1.78. The van der Waals surface area contributed by atoms with Gasteiger partial charge in [0.2, 0.25) is 5.91 Å². The second-order valence-electron chi connectivity index (χ2n) is 4.22. The number of anilines is 1. The maximum atomic E-state index is 11.0. The number of carboxylic acids is 1. The van der Waals surface area contributed by atoms with Crippen LogP contribution in [0.15, 0.2) is 5.38 Å². The molecule has 1 aliphatic rings. The van der Waals surface area contributed by atoms with Crippen LogP contribution in [-0.4, -0.2) is 34.6 Å². The highest BCUT2D eigenvalue weighted by Crippen LogP contribution is 2.17. The topological polar surface area (TPSA) is 91.3 Å². The zero-order valence-electron chi connectivity index (χ0n) is 9.81. The van der Waals surface area contributed by atoms with E-state index in [1.807, 2.05) is 5.38 Å². The molecule has 1 fully saturated rings. The zero-order chi connectivity index (χ0) is 13.0. The van der Waals surface area contributed by atoms with Crippen LogP contribution in [0.3, 0.4) is 0 Å². The highest BCUT2D eigenvalue weighted by atomic mass is 32.1. The summed E-state index contributed by atoms with van der Waals surface area (Å²) in [5.74, 6) is -0.714. The molecule has 0 bridgehead atoms. The average molecular weight is 269 g/mol. The third kappa shape index (κ3) is 3.69. The molecule has 0 aliphatic carbocycles. The number of thiazole rings is 1. The zero-order valence-corrected chi connectivity index (χ0v) is 10.6. The van der Waals surface area contributed by atoms with Crippen molar-refractivity contribution < 1.29 is 14.7 Å². The lowest BCUT2D eigenvalue weighted by molar-refractivity contribution is -0.137. The van der Waals surface area contributed by atoms with Gasteiger partial charge in [-0.05, 0) is 6.42 Å². The summed E-state index contributed by atoms with van der Waals surface area (Å²) in [6.07, 6.45) is 1.99. The lowest BCUT2D eigenvalue weighted by Gasteiger charge is -2.09. The Kier molecular flexibility index (Phi) is 4.14. The molecule has 1 aromatic heterocycles. The number of nitrogens with one attached hydrogen (secondary N) is 2. The van der Waals surface area contributed by atoms with Crippen LogP contribution in [0, 0.1) is 0 Å². The number of hydrogen-bond acceptors (Lipinski definition) is 5. The van der Waals surface area contributed by atoms with E-state index >= 15 is 0 Å². The Balaban J connectivity index is 1.76. The number of rotatable bonds is 6. The smallest absolute Gasteiger partial charge is 0.303 e. The fourth-order valence-corrected chi connectivity index (χ4v) is 2.53. The molecule has 2 heterocycles. The monoisotopic (exact) mass is 269 g/mol. The van der Waals surface area contributed by atoms with Gasteiger partial charge in [-0.2, -0.15) is 0 Å². The van der Waals surface area contributed by atoms with Crippen LogP contribution in [0.5, 0.6) is 0 Å². The second kappa shape index (κ2) is 5.81. The van der Waals surface area contributed by atoms with Gasteiger partial charge in [-0.25, -0.2) is 4.98 Å². The summed E-state index contributed by atoms with van der Waals surface area (Å²) in [4.78, 5) is 25.7. The standard InChI is InChI=1S/C11H15N3O3S/c15-9-3-1-7(13-9)5-12-11-14-8(6-18-11)2-4-10(16)17/h6-7H,1-5H2,(H,12,14)(H,13,15)(H,16,17). The highest BCUT2D eigenvalue weighted by molar-refractivity contribution is 7.13. The highest BCUT2D eigenvalue weighted by Gasteiger charge is 2.20. The van der Waals surface area contributed by atoms with Gasteiger partial charge in [-0.15, -0.1) is 11.3 Å². The molecule has 7 heteroatoms. The largest absolute Gasteiger partial charge is 0.481 e. The van der Waals surface area contributed by atoms with Gasteiger partial charge in [0.1, 0.15) is 0 Å². The van der Waals surface area contributed by atoms with Gasteiger partial charge in [0.15, 0.2) is 5.13 Å². The first-order valence-corrected chi connectivity index (χ1v) is 6.71. The number of amides is 1. The van der Waals surface area contributed by atoms with Crippen molar-refractivity contribution >= 4 is 28.3 Å². The number of aliphatic carboxylic acids is 1. The van der Waals surface area contributed by atoms with E-state index in [0.29, 0.717) is 19.4 Å². The van der Waals surface area contributed by atoms with Crippen LogP contribution in [0.2, 0.25) is 0 Å². The molecule has 0 saturated carbocycles. The second-order valence-corrected chi connectivity index (χ2v) is 5.08. The molecular weight excluding hydrogens is 254 g/mol. The van der Waals surface area contributed by atoms with Gasteiger partial charge in [-0.3, -0.25) is 9.59 Å². The number of aryl methyl sites for hydroxylation is 1. The third-order valence-electron chi connectivity index (χ3n) is 2.73. The molecule has 18 heavy (non-hydrogen) atoms. The Morgan fingerprint density at radius 2 is 2.50 bits per heavy atom. The van der Waals surface area contributed by atoms with Gasteiger partial charge in [0.25, 0.3) is 0 Å². The Morgan fingerprint density at radius 3 is 3.17 bits per heavy atom. The van der Waals surface area contributed by atoms with Crippen molar-refractivity contribution in [3.05, 3.63) is 11.1 Å². The Bertz CT molecular complexity index is 446. The first kappa shape index (κ1) is 12.8. The maximum absolute atomic E-state index is 11.0. The normalized spacial score (nSPS) is 18.7. The Labute approximate surface area is 108 Å². The molecular formula is C11H15N3O3S. The van der Waals surface area contributed by atoms with Crippen molar-refractivity contribution in [1.29, 1.82) is 0 Å². The first-order valence-electron chi connectivity index (χ1n) is 5.83. The fraction of sp³-hybridized carbons (Fsp3) is 0.545. The van der Waals surface area contributed by atoms with Crippen LogP contribution >= 0.6 is 11.3 Å². The summed E-state index contributed by atoms with van der Waals surface area (Å²) in [5, 5.41) is 17.2. The summed E-state index contributed by atoms with van der Waals surface area (Å²) in [7, 11) is 0. The molecule has 98 valence electrons. The van der Waals surface area contributed by atoms with Crippen LogP contribution in [0.4, 0.5) is 5.13 Å². The van der Waals surface area contributed by atoms with E-state index in [1.54, 1.807) is 0 Å². The summed E-state index contributed by atoms with van der Waals surface area (Å²) >= 11 is 1.46. The SMILES string of the molecule is O=C(O)CCc1csc(NCC2CCC(=O)N2)n1. The number of aromatic nitrogens is 1. The van der Waals surface area contributed by atoms with Crippen molar-refractivity contribution in [2.75, 3.05) is 11.9 Å². The number of carboxylic acid groups (broad SMARTS) is 1. The molecule has 1 unspecified atom stereocenters. The molecule has 1 amide bonds. The lowest BCUT2D eigenvalue weighted by Crippen LogP contribution is -2.31. The average Bonchev–Trinajstić information content (AvgIpc) is 2.93. The first-order chi connectivity index (χ1) is 8.63. The van der Waals surface area contributed by atoms with Crippen LogP contribution < -0.4 is 10.6 Å². The third-order valence-corrected chi connectivity index (χ3v) is 3.58. The van der Waals surface area contributed by atoms with Crippen molar-refractivity contribution in [3.8, 4) is 0 Å². The summed E-state index contributed by atoms with van der Waals surface area (Å²) in [5.41, 5.74) is 0.792. The maximum Gasteiger partial charge on any atom is 0.303 e. The number of carbonyl (C=O) groups excluding carboxylic acids is 1. The van der Waals surface area contributed by atoms with Crippen LogP contribution in [-0.2, 0) is 16.0 Å². The molecule has 2 rings (SSSR count). The molecule has 6 nitrogen and oxygen atoms in total. The van der Waals surface area contributed by atoms with E-state index in [1.165, 1.54) is 11.3 Å². The van der Waals surface area contributed by atoms with Crippen molar-refractivity contribution in [1.82, 2.24) is 10.3 Å². The van der Waals surface area contributed by atoms with E-state index in [0.717, 1.165) is 17.2 Å². The summed E-state index contributed by atoms with van der Waals surface area (Å²) in [6.45, 7) is 0.664. The van der Waals surface area contributed by atoms with E-state index in [2.05, 4.69) is 15.6 Å².